The van der Waals surface area contributed by atoms with Crippen molar-refractivity contribution >= 4 is 45.2 Å². The maximum Gasteiger partial charge on any atom is 0.304 e. The van der Waals surface area contributed by atoms with Gasteiger partial charge in [-0.2, -0.15) is 12.7 Å². The number of fused-ring (bicyclic) bond motifs is 1. The maximum absolute atomic E-state index is 12.7. The fraction of sp³-hybridized carbons (Fsp3) is 0.385. The van der Waals surface area contributed by atoms with E-state index in [1.165, 1.54) is 24.1 Å². The quantitative estimate of drug-likeness (QED) is 0.789. The Morgan fingerprint density at radius 3 is 2.71 bits per heavy atom. The van der Waals surface area contributed by atoms with Crippen LogP contribution in [0, 0.1) is 0 Å². The van der Waals surface area contributed by atoms with E-state index in [2.05, 4.69) is 0 Å². The highest BCUT2D eigenvalue weighted by Gasteiger charge is 2.47. The molecule has 1 aromatic rings. The summed E-state index contributed by atoms with van der Waals surface area (Å²) in [4.78, 5) is 26.0. The second-order valence-corrected chi connectivity index (χ2v) is 7.70. The topological polar surface area (TPSA) is 96.0 Å². The lowest BCUT2D eigenvalue weighted by Gasteiger charge is -2.34. The predicted octanol–water partition coefficient (Wildman–Crippen LogP) is 0.503. The number of hydrogen-bond donors (Lipinski definition) is 1. The second kappa shape index (κ2) is 6.07. The first-order valence-corrected chi connectivity index (χ1v) is 9.10. The Kier molecular flexibility index (Phi) is 4.37. The first-order valence-electron chi connectivity index (χ1n) is 6.91. The number of rotatable bonds is 2. The third kappa shape index (κ3) is 2.71. The summed E-state index contributed by atoms with van der Waals surface area (Å²) in [6, 6.07) is 2.03. The van der Waals surface area contributed by atoms with Gasteiger partial charge in [-0.05, 0) is 12.1 Å². The predicted molar refractivity (Wildman–Crippen MR) is 86.5 cm³/mol. The Bertz CT molecular complexity index is 829. The fourth-order valence-corrected chi connectivity index (χ4v) is 4.49. The number of piperazine rings is 1. The minimum atomic E-state index is -3.80. The zero-order chi connectivity index (χ0) is 17.6. The van der Waals surface area contributed by atoms with E-state index in [1.54, 1.807) is 0 Å². The van der Waals surface area contributed by atoms with Crippen LogP contribution in [0.25, 0.3) is 0 Å². The molecule has 8 nitrogen and oxygen atoms in total. The number of methoxy groups -OCH3 is 1. The van der Waals surface area contributed by atoms with Gasteiger partial charge >= 0.3 is 10.2 Å². The van der Waals surface area contributed by atoms with Crippen molar-refractivity contribution in [1.29, 1.82) is 0 Å². The molecule has 2 amide bonds. The minimum Gasteiger partial charge on any atom is -0.494 e. The Hall–Kier alpha value is -1.55. The van der Waals surface area contributed by atoms with Crippen LogP contribution < -0.4 is 9.46 Å². The zero-order valence-corrected chi connectivity index (χ0v) is 14.8. The average Bonchev–Trinajstić information content (AvgIpc) is 2.78. The summed E-state index contributed by atoms with van der Waals surface area (Å²) in [6.07, 6.45) is 0. The maximum atomic E-state index is 12.7. The highest BCUT2D eigenvalue weighted by molar-refractivity contribution is 7.88. The number of nitrogens with zero attached hydrogens (tertiary/aromatic N) is 2. The molecule has 0 aromatic heterocycles. The summed E-state index contributed by atoms with van der Waals surface area (Å²) >= 11 is 12.0. The minimum absolute atomic E-state index is 0.0289. The number of nitrogens with one attached hydrogen (secondary N) is 1. The summed E-state index contributed by atoms with van der Waals surface area (Å²) in [5.41, 5.74) is 0.196. The lowest BCUT2D eigenvalue weighted by atomic mass is 10.1. The average molecular weight is 394 g/mol. The summed E-state index contributed by atoms with van der Waals surface area (Å²) in [7, 11) is -2.44. The molecule has 24 heavy (non-hydrogen) atoms. The Labute approximate surface area is 148 Å². The van der Waals surface area contributed by atoms with Gasteiger partial charge in [0.15, 0.2) is 5.75 Å². The van der Waals surface area contributed by atoms with Crippen molar-refractivity contribution in [3.8, 4) is 5.75 Å². The normalized spacial score (nSPS) is 22.9. The highest BCUT2D eigenvalue weighted by atomic mass is 35.5. The first kappa shape index (κ1) is 17.3. The summed E-state index contributed by atoms with van der Waals surface area (Å²) in [5.74, 6) is -0.921. The number of amides is 2. The second-order valence-electron chi connectivity index (χ2n) is 5.29. The van der Waals surface area contributed by atoms with Gasteiger partial charge in [-0.3, -0.25) is 9.59 Å². The molecule has 0 bridgehead atoms. The summed E-state index contributed by atoms with van der Waals surface area (Å²) in [6.45, 7) is 0.126. The van der Waals surface area contributed by atoms with Crippen LogP contribution in [0.5, 0.6) is 5.75 Å². The van der Waals surface area contributed by atoms with Gasteiger partial charge in [0.25, 0.3) is 11.8 Å². The van der Waals surface area contributed by atoms with Crippen LogP contribution in [0.1, 0.15) is 10.4 Å². The van der Waals surface area contributed by atoms with Gasteiger partial charge in [0, 0.05) is 19.6 Å². The van der Waals surface area contributed by atoms with Gasteiger partial charge in [0.2, 0.25) is 0 Å². The molecular weight excluding hydrogens is 381 g/mol. The highest BCUT2D eigenvalue weighted by Crippen LogP contribution is 2.36. The molecular formula is C13H13Cl2N3O5S. The van der Waals surface area contributed by atoms with E-state index in [0.29, 0.717) is 0 Å². The summed E-state index contributed by atoms with van der Waals surface area (Å²) in [5, 5.41) is 0.362. The van der Waals surface area contributed by atoms with Crippen LogP contribution in [0.2, 0.25) is 10.0 Å². The number of ether oxygens (including phenoxy) is 1. The van der Waals surface area contributed by atoms with E-state index >= 15 is 0 Å². The molecule has 1 N–H and O–H groups in total. The molecule has 2 saturated heterocycles. The van der Waals surface area contributed by atoms with E-state index in [9.17, 15) is 18.0 Å². The van der Waals surface area contributed by atoms with Gasteiger partial charge in [0.05, 0.1) is 17.7 Å². The van der Waals surface area contributed by atoms with Gasteiger partial charge in [0.1, 0.15) is 11.1 Å². The van der Waals surface area contributed by atoms with Crippen molar-refractivity contribution in [1.82, 2.24) is 13.9 Å². The van der Waals surface area contributed by atoms with Gasteiger partial charge in [-0.1, -0.05) is 23.2 Å². The lowest BCUT2D eigenvalue weighted by Crippen LogP contribution is -2.54. The largest absolute Gasteiger partial charge is 0.494 e. The molecule has 2 aliphatic heterocycles. The molecule has 2 heterocycles. The summed E-state index contributed by atoms with van der Waals surface area (Å²) < 4.78 is 31.7. The van der Waals surface area contributed by atoms with Crippen LogP contribution in [0.4, 0.5) is 0 Å². The molecule has 0 radical (unpaired) electrons. The standard InChI is InChI=1S/C13H13Cl2N3O5S/c1-23-11-7(2-3-8(14)10(11)15)13(20)17-4-5-18-9(6-17)12(19)16-24(18,21)22/h2-3,9H,4-6H2,1H3,(H,16,19). The molecule has 0 spiro atoms. The molecule has 2 aliphatic rings. The molecule has 3 rings (SSSR count). The number of hydrogen-bond acceptors (Lipinski definition) is 5. The van der Waals surface area contributed by atoms with Gasteiger partial charge in [-0.15, -0.1) is 0 Å². The number of halogens is 2. The van der Waals surface area contributed by atoms with Gasteiger partial charge < -0.3 is 9.64 Å². The van der Waals surface area contributed by atoms with Crippen LogP contribution in [-0.2, 0) is 15.0 Å². The molecule has 130 valence electrons. The molecule has 1 aromatic carbocycles. The Balaban J connectivity index is 1.88. The Morgan fingerprint density at radius 2 is 2.04 bits per heavy atom. The molecule has 2 fully saturated rings. The van der Waals surface area contributed by atoms with E-state index in [-0.39, 0.29) is 41.0 Å². The van der Waals surface area contributed by atoms with Crippen LogP contribution in [-0.4, -0.2) is 62.2 Å². The number of carbonyl (C=O) groups is 2. The van der Waals surface area contributed by atoms with Crippen molar-refractivity contribution in [2.75, 3.05) is 26.7 Å². The first-order chi connectivity index (χ1) is 11.3. The van der Waals surface area contributed by atoms with Crippen molar-refractivity contribution in [2.45, 2.75) is 6.04 Å². The van der Waals surface area contributed by atoms with Crippen LogP contribution >= 0.6 is 23.2 Å². The molecule has 1 atom stereocenters. The smallest absolute Gasteiger partial charge is 0.304 e. The third-order valence-electron chi connectivity index (χ3n) is 3.94. The molecule has 0 saturated carbocycles. The van der Waals surface area contributed by atoms with E-state index in [0.717, 1.165) is 4.31 Å². The SMILES string of the molecule is COc1c(C(=O)N2CCN3C(C2)C(=O)NS3(=O)=O)ccc(Cl)c1Cl. The van der Waals surface area contributed by atoms with Crippen molar-refractivity contribution in [3.05, 3.63) is 27.7 Å². The van der Waals surface area contributed by atoms with E-state index in [1.807, 2.05) is 4.72 Å². The lowest BCUT2D eigenvalue weighted by molar-refractivity contribution is -0.122. The monoisotopic (exact) mass is 393 g/mol. The van der Waals surface area contributed by atoms with Crippen molar-refractivity contribution < 1.29 is 22.7 Å². The zero-order valence-electron chi connectivity index (χ0n) is 12.5. The van der Waals surface area contributed by atoms with Gasteiger partial charge in [-0.25, -0.2) is 4.72 Å². The van der Waals surface area contributed by atoms with Crippen LogP contribution in [0.3, 0.4) is 0 Å². The van der Waals surface area contributed by atoms with Crippen molar-refractivity contribution in [2.24, 2.45) is 0 Å². The molecule has 0 aliphatic carbocycles. The number of carbonyl (C=O) groups excluding carboxylic acids is 2. The Morgan fingerprint density at radius 1 is 1.33 bits per heavy atom. The molecule has 11 heteroatoms. The van der Waals surface area contributed by atoms with E-state index < -0.39 is 28.1 Å². The number of benzene rings is 1. The van der Waals surface area contributed by atoms with Crippen molar-refractivity contribution in [3.63, 3.8) is 0 Å². The fourth-order valence-electron chi connectivity index (χ4n) is 2.78. The molecule has 1 unspecified atom stereocenters. The van der Waals surface area contributed by atoms with Crippen LogP contribution in [0.15, 0.2) is 12.1 Å². The third-order valence-corrected chi connectivity index (χ3v) is 6.24. The van der Waals surface area contributed by atoms with E-state index in [4.69, 9.17) is 27.9 Å².